The normalized spacial score (nSPS) is 16.9. The lowest BCUT2D eigenvalue weighted by Crippen LogP contribution is -2.49. The van der Waals surface area contributed by atoms with Gasteiger partial charge < -0.3 is 20.1 Å². The van der Waals surface area contributed by atoms with E-state index in [9.17, 15) is 4.79 Å². The predicted octanol–water partition coefficient (Wildman–Crippen LogP) is 0.701. The van der Waals surface area contributed by atoms with Gasteiger partial charge in [-0.3, -0.25) is 9.79 Å². The highest BCUT2D eigenvalue weighted by Crippen LogP contribution is 2.10. The second kappa shape index (κ2) is 7.15. The first kappa shape index (κ1) is 15.4. The highest BCUT2D eigenvalue weighted by molar-refractivity contribution is 5.80. The molecule has 1 aliphatic heterocycles. The van der Waals surface area contributed by atoms with E-state index in [1.54, 1.807) is 14.0 Å². The molecule has 6 heteroatoms. The Morgan fingerprint density at radius 1 is 1.43 bits per heavy atom. The molecule has 0 aromatic carbocycles. The molecular weight excluding hydrogens is 266 g/mol. The van der Waals surface area contributed by atoms with Crippen LogP contribution in [0, 0.1) is 0 Å². The molecule has 0 aliphatic carbocycles. The third kappa shape index (κ3) is 4.24. The Bertz CT molecular complexity index is 500. The van der Waals surface area contributed by atoms with Crippen LogP contribution in [0.15, 0.2) is 23.3 Å². The van der Waals surface area contributed by atoms with Crippen LogP contribution in [0.4, 0.5) is 0 Å². The zero-order valence-corrected chi connectivity index (χ0v) is 13.1. The molecule has 0 bridgehead atoms. The number of piperidine rings is 1. The minimum atomic E-state index is 0.166. The molecule has 1 fully saturated rings. The second-order valence-electron chi connectivity index (χ2n) is 5.46. The summed E-state index contributed by atoms with van der Waals surface area (Å²) < 4.78 is 2.09. The second-order valence-corrected chi connectivity index (χ2v) is 5.46. The van der Waals surface area contributed by atoms with Crippen molar-refractivity contribution in [2.75, 3.05) is 20.1 Å². The summed E-state index contributed by atoms with van der Waals surface area (Å²) in [4.78, 5) is 17.5. The van der Waals surface area contributed by atoms with Gasteiger partial charge in [0.15, 0.2) is 5.96 Å². The Morgan fingerprint density at radius 2 is 2.14 bits per heavy atom. The molecule has 2 N–H and O–H groups in total. The van der Waals surface area contributed by atoms with Gasteiger partial charge in [0.2, 0.25) is 5.91 Å². The molecule has 1 aliphatic rings. The van der Waals surface area contributed by atoms with Crippen LogP contribution in [0.3, 0.4) is 0 Å². The van der Waals surface area contributed by atoms with E-state index in [0.29, 0.717) is 6.04 Å². The number of guanidine groups is 1. The van der Waals surface area contributed by atoms with Gasteiger partial charge in [-0.05, 0) is 25.0 Å². The van der Waals surface area contributed by atoms with Gasteiger partial charge in [0.05, 0.1) is 6.54 Å². The minimum absolute atomic E-state index is 0.166. The molecule has 0 unspecified atom stereocenters. The lowest BCUT2D eigenvalue weighted by molar-refractivity contribution is -0.129. The number of hydrogen-bond donors (Lipinski definition) is 2. The van der Waals surface area contributed by atoms with E-state index in [1.165, 1.54) is 5.69 Å². The largest absolute Gasteiger partial charge is 0.354 e. The van der Waals surface area contributed by atoms with Crippen LogP contribution < -0.4 is 10.6 Å². The van der Waals surface area contributed by atoms with Crippen molar-refractivity contribution in [2.24, 2.45) is 12.0 Å². The van der Waals surface area contributed by atoms with Crippen molar-refractivity contribution in [1.82, 2.24) is 20.1 Å². The quantitative estimate of drug-likeness (QED) is 0.636. The van der Waals surface area contributed by atoms with E-state index in [0.717, 1.165) is 38.4 Å². The Hall–Kier alpha value is -1.98. The lowest BCUT2D eigenvalue weighted by atomic mass is 10.1. The van der Waals surface area contributed by atoms with Gasteiger partial charge in [0.25, 0.3) is 0 Å². The molecule has 1 saturated heterocycles. The van der Waals surface area contributed by atoms with Crippen molar-refractivity contribution in [3.63, 3.8) is 0 Å². The molecule has 1 aromatic rings. The highest BCUT2D eigenvalue weighted by atomic mass is 16.2. The van der Waals surface area contributed by atoms with E-state index < -0.39 is 0 Å². The van der Waals surface area contributed by atoms with Gasteiger partial charge in [-0.15, -0.1) is 0 Å². The average Bonchev–Trinajstić information content (AvgIpc) is 2.89. The van der Waals surface area contributed by atoms with Crippen LogP contribution in [-0.2, 0) is 18.4 Å². The Kier molecular flexibility index (Phi) is 5.25. The third-order valence-corrected chi connectivity index (χ3v) is 3.99. The monoisotopic (exact) mass is 291 g/mol. The lowest BCUT2D eigenvalue weighted by Gasteiger charge is -2.32. The van der Waals surface area contributed by atoms with Crippen molar-refractivity contribution < 1.29 is 4.79 Å². The molecule has 2 heterocycles. The summed E-state index contributed by atoms with van der Waals surface area (Å²) in [7, 11) is 3.82. The summed E-state index contributed by atoms with van der Waals surface area (Å²) in [5.74, 6) is 0.983. The van der Waals surface area contributed by atoms with Gasteiger partial charge >= 0.3 is 0 Å². The zero-order chi connectivity index (χ0) is 15.2. The van der Waals surface area contributed by atoms with Crippen molar-refractivity contribution >= 4 is 11.9 Å². The number of rotatable bonds is 3. The number of aryl methyl sites for hydroxylation is 1. The van der Waals surface area contributed by atoms with Crippen LogP contribution in [-0.4, -0.2) is 47.5 Å². The standard InChI is InChI=1S/C15H25N5O/c1-12(21)20-9-6-13(7-10-20)18-15(16-2)17-11-14-5-4-8-19(14)3/h4-5,8,13H,6-7,9-11H2,1-3H3,(H2,16,17,18). The third-order valence-electron chi connectivity index (χ3n) is 3.99. The van der Waals surface area contributed by atoms with Crippen molar-refractivity contribution in [1.29, 1.82) is 0 Å². The first-order chi connectivity index (χ1) is 10.1. The van der Waals surface area contributed by atoms with Crippen LogP contribution in [0.25, 0.3) is 0 Å². The SMILES string of the molecule is CN=C(NCc1cccn1C)NC1CCN(C(C)=O)CC1. The number of amides is 1. The van der Waals surface area contributed by atoms with Gasteiger partial charge in [0, 0.05) is 52.0 Å². The molecule has 0 atom stereocenters. The molecule has 1 aromatic heterocycles. The van der Waals surface area contributed by atoms with Gasteiger partial charge in [0.1, 0.15) is 0 Å². The molecule has 21 heavy (non-hydrogen) atoms. The predicted molar refractivity (Wildman–Crippen MR) is 84.0 cm³/mol. The molecule has 0 saturated carbocycles. The van der Waals surface area contributed by atoms with E-state index in [1.807, 2.05) is 24.2 Å². The van der Waals surface area contributed by atoms with Gasteiger partial charge in [-0.2, -0.15) is 0 Å². The smallest absolute Gasteiger partial charge is 0.219 e. The molecule has 6 nitrogen and oxygen atoms in total. The Labute approximate surface area is 126 Å². The summed E-state index contributed by atoms with van der Waals surface area (Å²) in [5, 5.41) is 6.77. The van der Waals surface area contributed by atoms with E-state index >= 15 is 0 Å². The topological polar surface area (TPSA) is 61.7 Å². The van der Waals surface area contributed by atoms with E-state index in [2.05, 4.69) is 26.3 Å². The minimum Gasteiger partial charge on any atom is -0.354 e. The first-order valence-electron chi connectivity index (χ1n) is 7.43. The van der Waals surface area contributed by atoms with Gasteiger partial charge in [-0.25, -0.2) is 0 Å². The maximum absolute atomic E-state index is 11.3. The first-order valence-corrected chi connectivity index (χ1v) is 7.43. The van der Waals surface area contributed by atoms with Crippen LogP contribution in [0.5, 0.6) is 0 Å². The number of carbonyl (C=O) groups is 1. The highest BCUT2D eigenvalue weighted by Gasteiger charge is 2.21. The number of hydrogen-bond acceptors (Lipinski definition) is 2. The van der Waals surface area contributed by atoms with Crippen molar-refractivity contribution in [3.05, 3.63) is 24.0 Å². The van der Waals surface area contributed by atoms with E-state index in [-0.39, 0.29) is 5.91 Å². The summed E-state index contributed by atoms with van der Waals surface area (Å²) in [6.45, 7) is 4.02. The van der Waals surface area contributed by atoms with Crippen molar-refractivity contribution in [3.8, 4) is 0 Å². The Morgan fingerprint density at radius 3 is 2.67 bits per heavy atom. The number of carbonyl (C=O) groups excluding carboxylic acids is 1. The summed E-state index contributed by atoms with van der Waals surface area (Å²) in [6.07, 6.45) is 3.96. The van der Waals surface area contributed by atoms with Crippen LogP contribution in [0.2, 0.25) is 0 Å². The average molecular weight is 291 g/mol. The van der Waals surface area contributed by atoms with Crippen LogP contribution in [0.1, 0.15) is 25.5 Å². The summed E-state index contributed by atoms with van der Waals surface area (Å²) >= 11 is 0. The molecule has 2 rings (SSSR count). The maximum Gasteiger partial charge on any atom is 0.219 e. The number of nitrogens with one attached hydrogen (secondary N) is 2. The molecular formula is C15H25N5O. The number of nitrogens with zero attached hydrogens (tertiary/aromatic N) is 3. The number of aromatic nitrogens is 1. The Balaban J connectivity index is 1.78. The van der Waals surface area contributed by atoms with E-state index in [4.69, 9.17) is 0 Å². The maximum atomic E-state index is 11.3. The molecule has 0 spiro atoms. The fourth-order valence-corrected chi connectivity index (χ4v) is 2.58. The van der Waals surface area contributed by atoms with Crippen LogP contribution >= 0.6 is 0 Å². The molecule has 1 amide bonds. The van der Waals surface area contributed by atoms with Gasteiger partial charge in [-0.1, -0.05) is 0 Å². The molecule has 116 valence electrons. The fourth-order valence-electron chi connectivity index (χ4n) is 2.58. The zero-order valence-electron chi connectivity index (χ0n) is 13.1. The fraction of sp³-hybridized carbons (Fsp3) is 0.600. The van der Waals surface area contributed by atoms with Crippen molar-refractivity contribution in [2.45, 2.75) is 32.4 Å². The number of likely N-dealkylation sites (tertiary alicyclic amines) is 1. The summed E-state index contributed by atoms with van der Waals surface area (Å²) in [5.41, 5.74) is 1.21. The molecule has 0 radical (unpaired) electrons. The summed E-state index contributed by atoms with van der Waals surface area (Å²) in [6, 6.07) is 4.50. The number of aliphatic imine (C=N–C) groups is 1.